The fourth-order valence-electron chi connectivity index (χ4n) is 4.56. The Morgan fingerprint density at radius 2 is 1.84 bits per heavy atom. The number of hydrogen-bond acceptors (Lipinski definition) is 4. The predicted octanol–water partition coefficient (Wildman–Crippen LogP) is 3.91. The third kappa shape index (κ3) is 3.37. The number of benzene rings is 1. The quantitative estimate of drug-likeness (QED) is 0.777. The van der Waals surface area contributed by atoms with Gasteiger partial charge in [-0.2, -0.15) is 0 Å². The van der Waals surface area contributed by atoms with E-state index in [0.717, 1.165) is 31.2 Å². The lowest BCUT2D eigenvalue weighted by Crippen LogP contribution is -2.52. The summed E-state index contributed by atoms with van der Waals surface area (Å²) in [6.07, 6.45) is 4.10. The first-order chi connectivity index (χ1) is 12.1. The summed E-state index contributed by atoms with van der Waals surface area (Å²) < 4.78 is 10.9. The molecule has 136 valence electrons. The molecule has 1 aliphatic carbocycles. The van der Waals surface area contributed by atoms with Crippen molar-refractivity contribution in [1.29, 1.82) is 0 Å². The molecule has 5 nitrogen and oxygen atoms in total. The highest BCUT2D eigenvalue weighted by atomic mass is 16.6. The molecule has 0 radical (unpaired) electrons. The molecule has 2 fully saturated rings. The van der Waals surface area contributed by atoms with Gasteiger partial charge in [-0.1, -0.05) is 43.2 Å². The molecular weight excluding hydrogens is 318 g/mol. The van der Waals surface area contributed by atoms with Crippen molar-refractivity contribution in [3.05, 3.63) is 35.9 Å². The highest BCUT2D eigenvalue weighted by Gasteiger charge is 2.58. The zero-order valence-corrected chi connectivity index (χ0v) is 15.1. The molecule has 1 aromatic rings. The summed E-state index contributed by atoms with van der Waals surface area (Å²) in [6.45, 7) is 4.45. The maximum atomic E-state index is 12.9. The summed E-state index contributed by atoms with van der Waals surface area (Å²) in [6, 6.07) is 9.65. The predicted molar refractivity (Wildman–Crippen MR) is 93.9 cm³/mol. The van der Waals surface area contributed by atoms with E-state index in [0.29, 0.717) is 13.0 Å². The van der Waals surface area contributed by atoms with E-state index in [4.69, 9.17) is 9.47 Å². The van der Waals surface area contributed by atoms with E-state index >= 15 is 0 Å². The van der Waals surface area contributed by atoms with Gasteiger partial charge in [0.25, 0.3) is 0 Å². The summed E-state index contributed by atoms with van der Waals surface area (Å²) in [7, 11) is 0. The molecule has 1 saturated heterocycles. The number of likely N-dealkylation sites (tertiary alicyclic amines) is 1. The lowest BCUT2D eigenvalue weighted by Gasteiger charge is -2.39. The number of amides is 1. The molecule has 0 N–H and O–H groups in total. The zero-order valence-electron chi connectivity index (χ0n) is 15.1. The molecule has 1 aromatic carbocycles. The van der Waals surface area contributed by atoms with Crippen molar-refractivity contribution in [2.45, 2.75) is 64.1 Å². The molecule has 1 aliphatic heterocycles. The molecule has 0 unspecified atom stereocenters. The molecule has 1 heterocycles. The molecule has 0 bridgehead atoms. The van der Waals surface area contributed by atoms with Crippen LogP contribution in [-0.4, -0.2) is 35.2 Å². The first-order valence-corrected chi connectivity index (χ1v) is 9.25. The van der Waals surface area contributed by atoms with Crippen LogP contribution in [0.25, 0.3) is 0 Å². The molecule has 2 atom stereocenters. The summed E-state index contributed by atoms with van der Waals surface area (Å²) in [5.41, 5.74) is 0.532. The average molecular weight is 345 g/mol. The van der Waals surface area contributed by atoms with Crippen LogP contribution in [0.4, 0.5) is 4.79 Å². The van der Waals surface area contributed by atoms with Gasteiger partial charge in [0.05, 0.1) is 18.1 Å². The molecule has 25 heavy (non-hydrogen) atoms. The Bertz CT molecular complexity index is 609. The Labute approximate surface area is 149 Å². The van der Waals surface area contributed by atoms with Crippen molar-refractivity contribution in [3.63, 3.8) is 0 Å². The third-order valence-electron chi connectivity index (χ3n) is 5.59. The van der Waals surface area contributed by atoms with Gasteiger partial charge < -0.3 is 9.47 Å². The first kappa shape index (κ1) is 17.8. The van der Waals surface area contributed by atoms with Gasteiger partial charge in [0.15, 0.2) is 0 Å². The Morgan fingerprint density at radius 1 is 1.16 bits per heavy atom. The largest absolute Gasteiger partial charge is 0.466 e. The summed E-state index contributed by atoms with van der Waals surface area (Å²) in [5, 5.41) is 0. The second kappa shape index (κ2) is 7.46. The maximum Gasteiger partial charge on any atom is 0.410 e. The second-order valence-electron chi connectivity index (χ2n) is 7.11. The van der Waals surface area contributed by atoms with Crippen LogP contribution in [0.2, 0.25) is 0 Å². The monoisotopic (exact) mass is 345 g/mol. The number of carbonyl (C=O) groups excluding carboxylic acids is 2. The standard InChI is InChI=1S/C20H27NO4/c1-3-24-18(22)17-13-15(2)21(20(17)11-7-8-12-20)19(23)25-14-16-9-5-4-6-10-16/h4-6,9-10,15,17H,3,7-8,11-14H2,1-2H3/t15-,17+/m0/s1. The summed E-state index contributed by atoms with van der Waals surface area (Å²) in [5.74, 6) is -0.413. The average Bonchev–Trinajstić information content (AvgIpc) is 3.20. The van der Waals surface area contributed by atoms with E-state index in [9.17, 15) is 9.59 Å². The van der Waals surface area contributed by atoms with Crippen LogP contribution >= 0.6 is 0 Å². The normalized spacial score (nSPS) is 24.5. The van der Waals surface area contributed by atoms with Crippen LogP contribution in [0, 0.1) is 5.92 Å². The number of rotatable bonds is 4. The van der Waals surface area contributed by atoms with Gasteiger partial charge in [-0.15, -0.1) is 0 Å². The lowest BCUT2D eigenvalue weighted by molar-refractivity contribution is -0.151. The molecule has 3 rings (SSSR count). The first-order valence-electron chi connectivity index (χ1n) is 9.25. The third-order valence-corrected chi connectivity index (χ3v) is 5.59. The van der Waals surface area contributed by atoms with Gasteiger partial charge in [0.2, 0.25) is 0 Å². The maximum absolute atomic E-state index is 12.9. The van der Waals surface area contributed by atoms with Crippen molar-refractivity contribution in [1.82, 2.24) is 4.90 Å². The summed E-state index contributed by atoms with van der Waals surface area (Å²) in [4.78, 5) is 27.2. The van der Waals surface area contributed by atoms with Crippen molar-refractivity contribution in [3.8, 4) is 0 Å². The fourth-order valence-corrected chi connectivity index (χ4v) is 4.56. The van der Waals surface area contributed by atoms with Gasteiger partial charge in [-0.25, -0.2) is 4.79 Å². The minimum Gasteiger partial charge on any atom is -0.466 e. The molecule has 0 aromatic heterocycles. The van der Waals surface area contributed by atoms with Crippen molar-refractivity contribution in [2.75, 3.05) is 6.61 Å². The Kier molecular flexibility index (Phi) is 5.30. The molecular formula is C20H27NO4. The van der Waals surface area contributed by atoms with E-state index in [2.05, 4.69) is 0 Å². The van der Waals surface area contributed by atoms with Crippen LogP contribution in [0.3, 0.4) is 0 Å². The minimum absolute atomic E-state index is 0.0178. The van der Waals surface area contributed by atoms with Crippen molar-refractivity contribution < 1.29 is 19.1 Å². The van der Waals surface area contributed by atoms with Crippen LogP contribution in [0.1, 0.15) is 51.5 Å². The van der Waals surface area contributed by atoms with Crippen LogP contribution in [0.15, 0.2) is 30.3 Å². The van der Waals surface area contributed by atoms with Crippen molar-refractivity contribution >= 4 is 12.1 Å². The van der Waals surface area contributed by atoms with Crippen molar-refractivity contribution in [2.24, 2.45) is 5.92 Å². The van der Waals surface area contributed by atoms with Gasteiger partial charge in [0, 0.05) is 6.04 Å². The van der Waals surface area contributed by atoms with E-state index in [-0.39, 0.29) is 30.6 Å². The minimum atomic E-state index is -0.431. The fraction of sp³-hybridized carbons (Fsp3) is 0.600. The van der Waals surface area contributed by atoms with Gasteiger partial charge >= 0.3 is 12.1 Å². The second-order valence-corrected chi connectivity index (χ2v) is 7.11. The van der Waals surface area contributed by atoms with E-state index in [1.54, 1.807) is 0 Å². The number of carbonyl (C=O) groups is 2. The van der Waals surface area contributed by atoms with E-state index in [1.807, 2.05) is 49.1 Å². The number of esters is 1. The smallest absolute Gasteiger partial charge is 0.410 e. The Morgan fingerprint density at radius 3 is 2.48 bits per heavy atom. The van der Waals surface area contributed by atoms with Crippen LogP contribution < -0.4 is 0 Å². The SMILES string of the molecule is CCOC(=O)[C@H]1C[C@H](C)N(C(=O)OCc2ccccc2)C12CCCC2. The topological polar surface area (TPSA) is 55.8 Å². The Hall–Kier alpha value is -2.04. The van der Waals surface area contributed by atoms with Crippen LogP contribution in [0.5, 0.6) is 0 Å². The number of nitrogens with zero attached hydrogens (tertiary/aromatic N) is 1. The zero-order chi connectivity index (χ0) is 17.9. The summed E-state index contributed by atoms with van der Waals surface area (Å²) >= 11 is 0. The molecule has 5 heteroatoms. The van der Waals surface area contributed by atoms with E-state index < -0.39 is 5.54 Å². The molecule has 2 aliphatic rings. The number of ether oxygens (including phenoxy) is 2. The van der Waals surface area contributed by atoms with Gasteiger partial charge in [0.1, 0.15) is 6.61 Å². The molecule has 1 amide bonds. The van der Waals surface area contributed by atoms with E-state index in [1.165, 1.54) is 0 Å². The van der Waals surface area contributed by atoms with Crippen LogP contribution in [-0.2, 0) is 20.9 Å². The van der Waals surface area contributed by atoms with Gasteiger partial charge in [-0.05, 0) is 38.7 Å². The molecule has 1 spiro atoms. The Balaban J connectivity index is 1.76. The van der Waals surface area contributed by atoms with Gasteiger partial charge in [-0.3, -0.25) is 9.69 Å². The molecule has 1 saturated carbocycles. The highest BCUT2D eigenvalue weighted by Crippen LogP contribution is 2.50. The number of hydrogen-bond donors (Lipinski definition) is 0. The lowest BCUT2D eigenvalue weighted by atomic mass is 9.83. The highest BCUT2D eigenvalue weighted by molar-refractivity contribution is 5.78.